The first-order chi connectivity index (χ1) is 11.0. The molecule has 1 saturated carbocycles. The SMILES string of the molecule is Cc1cc(=O)cc(C(=O)N(CC2CCC2)C[C@H]2CCCO2)n1C. The molecule has 5 nitrogen and oxygen atoms in total. The second-order valence-corrected chi connectivity index (χ2v) is 6.92. The summed E-state index contributed by atoms with van der Waals surface area (Å²) < 4.78 is 7.53. The number of hydrogen-bond acceptors (Lipinski definition) is 3. The third-order valence-electron chi connectivity index (χ3n) is 5.18. The van der Waals surface area contributed by atoms with Crippen molar-refractivity contribution in [1.82, 2.24) is 9.47 Å². The maximum absolute atomic E-state index is 13.0. The molecule has 0 N–H and O–H groups in total. The van der Waals surface area contributed by atoms with Crippen molar-refractivity contribution in [2.45, 2.75) is 45.1 Å². The third-order valence-corrected chi connectivity index (χ3v) is 5.18. The van der Waals surface area contributed by atoms with Crippen molar-refractivity contribution in [2.24, 2.45) is 13.0 Å². The average Bonchev–Trinajstić information content (AvgIpc) is 2.97. The number of ether oxygens (including phenoxy) is 1. The van der Waals surface area contributed by atoms with Crippen molar-refractivity contribution in [2.75, 3.05) is 19.7 Å². The molecule has 1 aromatic rings. The maximum Gasteiger partial charge on any atom is 0.270 e. The van der Waals surface area contributed by atoms with Gasteiger partial charge in [0.15, 0.2) is 5.43 Å². The van der Waals surface area contributed by atoms with Gasteiger partial charge >= 0.3 is 0 Å². The summed E-state index contributed by atoms with van der Waals surface area (Å²) in [5.74, 6) is 0.554. The minimum atomic E-state index is -0.107. The summed E-state index contributed by atoms with van der Waals surface area (Å²) in [6.07, 6.45) is 5.88. The van der Waals surface area contributed by atoms with Crippen LogP contribution in [-0.2, 0) is 11.8 Å². The van der Waals surface area contributed by atoms with Crippen LogP contribution >= 0.6 is 0 Å². The molecule has 1 aliphatic carbocycles. The lowest BCUT2D eigenvalue weighted by Gasteiger charge is -2.34. The van der Waals surface area contributed by atoms with E-state index in [1.165, 1.54) is 25.3 Å². The Morgan fingerprint density at radius 1 is 1.26 bits per heavy atom. The van der Waals surface area contributed by atoms with E-state index in [2.05, 4.69) is 0 Å². The lowest BCUT2D eigenvalue weighted by atomic mass is 9.85. The molecule has 3 rings (SSSR count). The summed E-state index contributed by atoms with van der Waals surface area (Å²) in [7, 11) is 1.84. The maximum atomic E-state index is 13.0. The second-order valence-electron chi connectivity index (χ2n) is 6.92. The first kappa shape index (κ1) is 16.2. The molecule has 1 amide bonds. The summed E-state index contributed by atoms with van der Waals surface area (Å²) in [6, 6.07) is 3.02. The van der Waals surface area contributed by atoms with E-state index in [4.69, 9.17) is 4.74 Å². The zero-order valence-corrected chi connectivity index (χ0v) is 14.1. The van der Waals surface area contributed by atoms with Crippen LogP contribution in [0.25, 0.3) is 0 Å². The van der Waals surface area contributed by atoms with Gasteiger partial charge in [-0.1, -0.05) is 6.42 Å². The van der Waals surface area contributed by atoms with Crippen LogP contribution in [0.4, 0.5) is 0 Å². The molecule has 1 aliphatic heterocycles. The van der Waals surface area contributed by atoms with Gasteiger partial charge in [0.05, 0.1) is 6.10 Å². The number of rotatable bonds is 5. The van der Waals surface area contributed by atoms with Crippen LogP contribution in [0.3, 0.4) is 0 Å². The molecule has 5 heteroatoms. The van der Waals surface area contributed by atoms with Crippen molar-refractivity contribution in [1.29, 1.82) is 0 Å². The Kier molecular flexibility index (Phi) is 4.85. The number of amides is 1. The number of pyridine rings is 1. The van der Waals surface area contributed by atoms with Gasteiger partial charge in [-0.2, -0.15) is 0 Å². The van der Waals surface area contributed by atoms with Crippen molar-refractivity contribution < 1.29 is 9.53 Å². The monoisotopic (exact) mass is 318 g/mol. The Labute approximate surface area is 137 Å². The quantitative estimate of drug-likeness (QED) is 0.835. The fourth-order valence-corrected chi connectivity index (χ4v) is 3.39. The van der Waals surface area contributed by atoms with Crippen LogP contribution in [0.15, 0.2) is 16.9 Å². The molecule has 2 aliphatic rings. The molecule has 1 aromatic heterocycles. The summed E-state index contributed by atoms with van der Waals surface area (Å²) >= 11 is 0. The molecule has 2 fully saturated rings. The van der Waals surface area contributed by atoms with E-state index in [-0.39, 0.29) is 17.4 Å². The van der Waals surface area contributed by atoms with Gasteiger partial charge in [0, 0.05) is 44.6 Å². The lowest BCUT2D eigenvalue weighted by molar-refractivity contribution is 0.0440. The highest BCUT2D eigenvalue weighted by atomic mass is 16.5. The Balaban J connectivity index is 1.82. The highest BCUT2D eigenvalue weighted by Gasteiger charge is 2.29. The molecule has 0 aromatic carbocycles. The Morgan fingerprint density at radius 3 is 2.65 bits per heavy atom. The van der Waals surface area contributed by atoms with Gasteiger partial charge in [0.25, 0.3) is 5.91 Å². The van der Waals surface area contributed by atoms with E-state index in [0.717, 1.165) is 31.7 Å². The first-order valence-corrected chi connectivity index (χ1v) is 8.63. The van der Waals surface area contributed by atoms with Gasteiger partial charge < -0.3 is 14.2 Å². The molecule has 1 atom stereocenters. The van der Waals surface area contributed by atoms with E-state index in [9.17, 15) is 9.59 Å². The van der Waals surface area contributed by atoms with Crippen molar-refractivity contribution in [3.63, 3.8) is 0 Å². The molecule has 1 saturated heterocycles. The predicted molar refractivity (Wildman–Crippen MR) is 88.6 cm³/mol. The highest BCUT2D eigenvalue weighted by Crippen LogP contribution is 2.28. The number of aromatic nitrogens is 1. The van der Waals surface area contributed by atoms with Gasteiger partial charge in [0.2, 0.25) is 0 Å². The number of hydrogen-bond donors (Lipinski definition) is 0. The van der Waals surface area contributed by atoms with Gasteiger partial charge in [-0.15, -0.1) is 0 Å². The molecule has 2 heterocycles. The van der Waals surface area contributed by atoms with E-state index in [1.807, 2.05) is 23.4 Å². The van der Waals surface area contributed by atoms with Gasteiger partial charge in [-0.05, 0) is 38.5 Å². The average molecular weight is 318 g/mol. The Hall–Kier alpha value is -1.62. The van der Waals surface area contributed by atoms with E-state index >= 15 is 0 Å². The molecule has 23 heavy (non-hydrogen) atoms. The molecule has 0 spiro atoms. The lowest BCUT2D eigenvalue weighted by Crippen LogP contribution is -2.43. The normalized spacial score (nSPS) is 21.2. The standard InChI is InChI=1S/C18H26N2O3/c1-13-9-15(21)10-17(19(13)2)18(22)20(11-14-5-3-6-14)12-16-7-4-8-23-16/h9-10,14,16H,3-8,11-12H2,1-2H3/t16-/m1/s1. The summed E-state index contributed by atoms with van der Waals surface area (Å²) in [6.45, 7) is 4.06. The molecular formula is C18H26N2O3. The predicted octanol–water partition coefficient (Wildman–Crippen LogP) is 2.12. The molecule has 0 radical (unpaired) electrons. The number of nitrogens with zero attached hydrogens (tertiary/aromatic N) is 2. The molecule has 0 unspecified atom stereocenters. The van der Waals surface area contributed by atoms with Crippen LogP contribution in [0.5, 0.6) is 0 Å². The van der Waals surface area contributed by atoms with Crippen LogP contribution in [0, 0.1) is 12.8 Å². The van der Waals surface area contributed by atoms with Crippen molar-refractivity contribution in [3.8, 4) is 0 Å². The molecule has 0 bridgehead atoms. The Morgan fingerprint density at radius 2 is 2.04 bits per heavy atom. The Bertz CT molecular complexity index is 628. The van der Waals surface area contributed by atoms with Crippen LogP contribution < -0.4 is 5.43 Å². The smallest absolute Gasteiger partial charge is 0.270 e. The van der Waals surface area contributed by atoms with E-state index in [0.29, 0.717) is 18.2 Å². The number of aryl methyl sites for hydroxylation is 1. The second kappa shape index (κ2) is 6.87. The van der Waals surface area contributed by atoms with Crippen LogP contribution in [-0.4, -0.2) is 41.2 Å². The number of carbonyl (C=O) groups is 1. The van der Waals surface area contributed by atoms with E-state index in [1.54, 1.807) is 6.07 Å². The van der Waals surface area contributed by atoms with Gasteiger partial charge in [0.1, 0.15) is 5.69 Å². The van der Waals surface area contributed by atoms with Crippen LogP contribution in [0.1, 0.15) is 48.3 Å². The summed E-state index contributed by atoms with van der Waals surface area (Å²) in [4.78, 5) is 26.8. The summed E-state index contributed by atoms with van der Waals surface area (Å²) in [5.41, 5.74) is 1.18. The fourth-order valence-electron chi connectivity index (χ4n) is 3.39. The van der Waals surface area contributed by atoms with Crippen molar-refractivity contribution in [3.05, 3.63) is 33.7 Å². The largest absolute Gasteiger partial charge is 0.376 e. The topological polar surface area (TPSA) is 51.5 Å². The van der Waals surface area contributed by atoms with Crippen LogP contribution in [0.2, 0.25) is 0 Å². The highest BCUT2D eigenvalue weighted by molar-refractivity contribution is 5.92. The van der Waals surface area contributed by atoms with Gasteiger partial charge in [-0.3, -0.25) is 9.59 Å². The molecule has 126 valence electrons. The first-order valence-electron chi connectivity index (χ1n) is 8.63. The van der Waals surface area contributed by atoms with E-state index < -0.39 is 0 Å². The minimum absolute atomic E-state index is 0.0456. The zero-order valence-electron chi connectivity index (χ0n) is 14.1. The number of carbonyl (C=O) groups excluding carboxylic acids is 1. The fraction of sp³-hybridized carbons (Fsp3) is 0.667. The zero-order chi connectivity index (χ0) is 16.4. The third kappa shape index (κ3) is 3.66. The van der Waals surface area contributed by atoms with Crippen molar-refractivity contribution >= 4 is 5.91 Å². The van der Waals surface area contributed by atoms with Gasteiger partial charge in [-0.25, -0.2) is 0 Å². The summed E-state index contributed by atoms with van der Waals surface area (Å²) in [5, 5.41) is 0. The minimum Gasteiger partial charge on any atom is -0.376 e. The molecular weight excluding hydrogens is 292 g/mol.